The molecule has 4 nitrogen and oxygen atoms in total. The maximum absolute atomic E-state index is 12.5. The Morgan fingerprint density at radius 3 is 2.65 bits per heavy atom. The van der Waals surface area contributed by atoms with Crippen molar-refractivity contribution in [3.8, 4) is 0 Å². The number of hydrogen-bond acceptors (Lipinski definition) is 3. The highest BCUT2D eigenvalue weighted by molar-refractivity contribution is 6.30. The van der Waals surface area contributed by atoms with E-state index in [1.54, 1.807) is 13.0 Å². The van der Waals surface area contributed by atoms with Gasteiger partial charge in [-0.2, -0.15) is 0 Å². The molecule has 104 valence electrons. The first kappa shape index (κ1) is 13.2. The summed E-state index contributed by atoms with van der Waals surface area (Å²) in [6.45, 7) is 2.38. The zero-order valence-corrected chi connectivity index (χ0v) is 11.9. The third-order valence-corrected chi connectivity index (χ3v) is 3.61. The van der Waals surface area contributed by atoms with E-state index in [-0.39, 0.29) is 5.91 Å². The second-order valence-corrected chi connectivity index (χ2v) is 5.56. The molecule has 1 aromatic heterocycles. The number of hydrogen-bond donors (Lipinski definition) is 0. The van der Waals surface area contributed by atoms with Crippen LogP contribution in [0.5, 0.6) is 0 Å². The molecule has 2 aromatic rings. The van der Waals surface area contributed by atoms with Gasteiger partial charge in [0.25, 0.3) is 5.91 Å². The predicted molar refractivity (Wildman–Crippen MR) is 75.6 cm³/mol. The minimum Gasteiger partial charge on any atom is -0.351 e. The highest BCUT2D eigenvalue weighted by Gasteiger charge is 2.34. The quantitative estimate of drug-likeness (QED) is 0.866. The molecule has 3 rings (SSSR count). The fourth-order valence-electron chi connectivity index (χ4n) is 2.15. The Morgan fingerprint density at radius 2 is 2.10 bits per heavy atom. The minimum atomic E-state index is -0.0944. The number of aromatic nitrogens is 1. The van der Waals surface area contributed by atoms with E-state index in [1.807, 2.05) is 29.2 Å². The Morgan fingerprint density at radius 1 is 1.40 bits per heavy atom. The monoisotopic (exact) mass is 290 g/mol. The van der Waals surface area contributed by atoms with Crippen LogP contribution in [0.4, 0.5) is 0 Å². The van der Waals surface area contributed by atoms with Crippen LogP contribution in [0.2, 0.25) is 5.02 Å². The van der Waals surface area contributed by atoms with Crippen LogP contribution in [0.15, 0.2) is 34.9 Å². The number of nitrogens with zero attached hydrogens (tertiary/aromatic N) is 2. The lowest BCUT2D eigenvalue weighted by Gasteiger charge is -2.21. The zero-order chi connectivity index (χ0) is 14.1. The third kappa shape index (κ3) is 2.85. The lowest BCUT2D eigenvalue weighted by molar-refractivity contribution is 0.0687. The normalized spacial score (nSPS) is 14.3. The number of benzene rings is 1. The minimum absolute atomic E-state index is 0.0944. The number of halogens is 1. The van der Waals surface area contributed by atoms with Gasteiger partial charge in [-0.3, -0.25) is 4.79 Å². The van der Waals surface area contributed by atoms with Crippen molar-refractivity contribution in [3.05, 3.63) is 52.4 Å². The molecule has 0 atom stereocenters. The van der Waals surface area contributed by atoms with Crippen LogP contribution < -0.4 is 0 Å². The van der Waals surface area contributed by atoms with Gasteiger partial charge in [0.15, 0.2) is 0 Å². The van der Waals surface area contributed by atoms with Crippen molar-refractivity contribution in [1.82, 2.24) is 10.1 Å². The van der Waals surface area contributed by atoms with Crippen molar-refractivity contribution in [2.24, 2.45) is 0 Å². The average molecular weight is 291 g/mol. The molecular formula is C15H15ClN2O2. The second kappa shape index (κ2) is 5.29. The molecule has 0 unspecified atom stereocenters. The first-order valence-electron chi connectivity index (χ1n) is 6.62. The molecule has 0 radical (unpaired) electrons. The van der Waals surface area contributed by atoms with Crippen LogP contribution in [0.3, 0.4) is 0 Å². The van der Waals surface area contributed by atoms with Crippen molar-refractivity contribution in [2.45, 2.75) is 32.4 Å². The van der Waals surface area contributed by atoms with Gasteiger partial charge < -0.3 is 9.42 Å². The van der Waals surface area contributed by atoms with E-state index in [0.29, 0.717) is 23.4 Å². The van der Waals surface area contributed by atoms with Gasteiger partial charge in [-0.15, -0.1) is 0 Å². The number of carbonyl (C=O) groups is 1. The van der Waals surface area contributed by atoms with Gasteiger partial charge in [-0.25, -0.2) is 0 Å². The summed E-state index contributed by atoms with van der Waals surface area (Å²) in [5, 5.41) is 4.48. The van der Waals surface area contributed by atoms with Crippen LogP contribution in [0, 0.1) is 6.92 Å². The van der Waals surface area contributed by atoms with Crippen LogP contribution in [0.25, 0.3) is 0 Å². The molecule has 1 heterocycles. The molecule has 1 fully saturated rings. The summed E-state index contributed by atoms with van der Waals surface area (Å²) >= 11 is 5.88. The summed E-state index contributed by atoms with van der Waals surface area (Å²) in [6, 6.07) is 9.55. The highest BCUT2D eigenvalue weighted by atomic mass is 35.5. The van der Waals surface area contributed by atoms with E-state index in [0.717, 1.165) is 24.1 Å². The Labute approximate surface area is 122 Å². The zero-order valence-electron chi connectivity index (χ0n) is 11.2. The van der Waals surface area contributed by atoms with E-state index in [9.17, 15) is 4.79 Å². The van der Waals surface area contributed by atoms with E-state index in [1.165, 1.54) is 0 Å². The Balaban J connectivity index is 1.79. The van der Waals surface area contributed by atoms with Gasteiger partial charge >= 0.3 is 0 Å². The number of carbonyl (C=O) groups excluding carboxylic acids is 1. The van der Waals surface area contributed by atoms with E-state index < -0.39 is 0 Å². The first-order valence-corrected chi connectivity index (χ1v) is 7.00. The van der Waals surface area contributed by atoms with Gasteiger partial charge in [0, 0.05) is 23.7 Å². The van der Waals surface area contributed by atoms with Gasteiger partial charge in [0.05, 0.1) is 5.69 Å². The summed E-state index contributed by atoms with van der Waals surface area (Å²) in [5.74, 6) is 0.214. The third-order valence-electron chi connectivity index (χ3n) is 3.35. The fraction of sp³-hybridized carbons (Fsp3) is 0.333. The summed E-state index contributed by atoms with van der Waals surface area (Å²) in [4.78, 5) is 14.3. The summed E-state index contributed by atoms with van der Waals surface area (Å²) < 4.78 is 5.08. The standard InChI is InChI=1S/C15H15ClN2O2/c1-10-8-14(20-17-10)15(19)18(13-6-7-13)9-11-2-4-12(16)5-3-11/h2-5,8,13H,6-7,9H2,1H3. The number of aryl methyl sites for hydroxylation is 1. The van der Waals surface area contributed by atoms with Gasteiger partial charge in [0.2, 0.25) is 5.76 Å². The van der Waals surface area contributed by atoms with Crippen molar-refractivity contribution in [3.63, 3.8) is 0 Å². The number of amides is 1. The molecule has 5 heteroatoms. The molecule has 0 saturated heterocycles. The molecule has 0 N–H and O–H groups in total. The van der Waals surface area contributed by atoms with Crippen molar-refractivity contribution in [1.29, 1.82) is 0 Å². The van der Waals surface area contributed by atoms with Crippen LogP contribution in [0.1, 0.15) is 34.7 Å². The van der Waals surface area contributed by atoms with Gasteiger partial charge in [-0.1, -0.05) is 28.9 Å². The second-order valence-electron chi connectivity index (χ2n) is 5.12. The molecular weight excluding hydrogens is 276 g/mol. The largest absolute Gasteiger partial charge is 0.351 e. The SMILES string of the molecule is Cc1cc(C(=O)N(Cc2ccc(Cl)cc2)C2CC2)on1. The topological polar surface area (TPSA) is 46.3 Å². The lowest BCUT2D eigenvalue weighted by atomic mass is 10.2. The van der Waals surface area contributed by atoms with Crippen molar-refractivity contribution in [2.75, 3.05) is 0 Å². The van der Waals surface area contributed by atoms with E-state index in [4.69, 9.17) is 16.1 Å². The summed E-state index contributed by atoms with van der Waals surface area (Å²) in [6.07, 6.45) is 2.10. The first-order chi connectivity index (χ1) is 9.63. The van der Waals surface area contributed by atoms with Gasteiger partial charge in [-0.05, 0) is 37.5 Å². The molecule has 1 amide bonds. The molecule has 1 saturated carbocycles. The summed E-state index contributed by atoms with van der Waals surface area (Å²) in [7, 11) is 0. The fourth-order valence-corrected chi connectivity index (χ4v) is 2.27. The molecule has 0 bridgehead atoms. The molecule has 0 spiro atoms. The predicted octanol–water partition coefficient (Wildman–Crippen LogP) is 3.44. The molecule has 20 heavy (non-hydrogen) atoms. The maximum atomic E-state index is 12.5. The highest BCUT2D eigenvalue weighted by Crippen LogP contribution is 2.30. The molecule has 1 aromatic carbocycles. The number of rotatable bonds is 4. The summed E-state index contributed by atoms with van der Waals surface area (Å²) in [5.41, 5.74) is 1.78. The van der Waals surface area contributed by atoms with Crippen molar-refractivity contribution < 1.29 is 9.32 Å². The van der Waals surface area contributed by atoms with E-state index >= 15 is 0 Å². The molecule has 0 aliphatic heterocycles. The van der Waals surface area contributed by atoms with Gasteiger partial charge in [0.1, 0.15) is 0 Å². The van der Waals surface area contributed by atoms with Crippen molar-refractivity contribution >= 4 is 17.5 Å². The molecule has 1 aliphatic carbocycles. The van der Waals surface area contributed by atoms with Crippen LogP contribution >= 0.6 is 11.6 Å². The smallest absolute Gasteiger partial charge is 0.293 e. The van der Waals surface area contributed by atoms with E-state index in [2.05, 4.69) is 5.16 Å². The van der Waals surface area contributed by atoms with Crippen LogP contribution in [-0.2, 0) is 6.54 Å². The average Bonchev–Trinajstić information content (AvgIpc) is 3.19. The maximum Gasteiger partial charge on any atom is 0.293 e. The Kier molecular flexibility index (Phi) is 3.49. The lowest BCUT2D eigenvalue weighted by Crippen LogP contribution is -2.32. The Hall–Kier alpha value is -1.81. The van der Waals surface area contributed by atoms with Crippen LogP contribution in [-0.4, -0.2) is 22.0 Å². The Bertz CT molecular complexity index is 617. The molecule has 1 aliphatic rings.